The molecule has 0 saturated heterocycles. The van der Waals surface area contributed by atoms with Crippen LogP contribution in [0.25, 0.3) is 0 Å². The van der Waals surface area contributed by atoms with E-state index < -0.39 is 0 Å². The first-order chi connectivity index (χ1) is 19.1. The van der Waals surface area contributed by atoms with Gasteiger partial charge in [0.05, 0.1) is 23.4 Å². The molecule has 3 rings (SSSR count). The number of thiazole rings is 1. The van der Waals surface area contributed by atoms with Gasteiger partial charge in [0.1, 0.15) is 5.75 Å². The predicted octanol–water partition coefficient (Wildman–Crippen LogP) is 9.31. The van der Waals surface area contributed by atoms with Crippen LogP contribution in [0, 0.1) is 6.92 Å². The van der Waals surface area contributed by atoms with Crippen LogP contribution in [0.1, 0.15) is 101 Å². The van der Waals surface area contributed by atoms with Gasteiger partial charge in [0.2, 0.25) is 11.4 Å². The number of carbonyl (C=O) groups excluding carboxylic acids is 1. The van der Waals surface area contributed by atoms with Crippen molar-refractivity contribution in [1.82, 2.24) is 0 Å². The second-order valence-electron chi connectivity index (χ2n) is 10.5. The van der Waals surface area contributed by atoms with Crippen LogP contribution in [0.4, 0.5) is 5.69 Å². The molecule has 1 aromatic heterocycles. The lowest BCUT2D eigenvalue weighted by Gasteiger charge is -2.13. The Morgan fingerprint density at radius 3 is 2.26 bits per heavy atom. The molecule has 0 saturated carbocycles. The highest BCUT2D eigenvalue weighted by atomic mass is 35.5. The van der Waals surface area contributed by atoms with E-state index in [1.807, 2.05) is 36.4 Å². The van der Waals surface area contributed by atoms with E-state index in [0.717, 1.165) is 36.2 Å². The number of nitrogens with zero attached hydrogens (tertiary/aromatic N) is 1. The number of unbranched alkanes of at least 4 members (excludes halogenated alkanes) is 11. The smallest absolute Gasteiger partial charge is 0.228 e. The van der Waals surface area contributed by atoms with E-state index in [9.17, 15) is 4.79 Å². The summed E-state index contributed by atoms with van der Waals surface area (Å²) < 4.78 is 8.29. The fourth-order valence-corrected chi connectivity index (χ4v) is 5.84. The van der Waals surface area contributed by atoms with Gasteiger partial charge in [0.25, 0.3) is 0 Å². The van der Waals surface area contributed by atoms with Gasteiger partial charge >= 0.3 is 0 Å². The average Bonchev–Trinajstić information content (AvgIpc) is 3.32. The minimum absolute atomic E-state index is 0.0796. The summed E-state index contributed by atoms with van der Waals surface area (Å²) in [6, 6.07) is 13.7. The maximum absolute atomic E-state index is 12.9. The standard InChI is InChI=1S/C33H45ClN2O2S/c1-3-4-5-6-7-8-9-10-11-12-13-14-21-38-33-29(18-16-20-31(33)34)23-32(37)35-30-19-15-17-28(22-30)24-36-26-39-25-27(36)2/h15-20,22,25-26H,3-14,21,23-24H2,1-2H3/p+1. The molecule has 0 fully saturated rings. The van der Waals surface area contributed by atoms with Crippen LogP contribution in [0.15, 0.2) is 53.4 Å². The Balaban J connectivity index is 1.37. The number of nitrogens with one attached hydrogen (secondary N) is 1. The maximum atomic E-state index is 12.9. The molecule has 1 amide bonds. The number of ether oxygens (including phenoxy) is 1. The largest absolute Gasteiger partial charge is 0.492 e. The lowest BCUT2D eigenvalue weighted by atomic mass is 10.1. The summed E-state index contributed by atoms with van der Waals surface area (Å²) in [5, 5.41) is 5.74. The second-order valence-corrected chi connectivity index (χ2v) is 11.6. The molecular weight excluding hydrogens is 524 g/mol. The van der Waals surface area contributed by atoms with Gasteiger partial charge in [-0.25, -0.2) is 0 Å². The zero-order chi connectivity index (χ0) is 27.7. The molecule has 0 aliphatic heterocycles. The van der Waals surface area contributed by atoms with Crippen LogP contribution in [0.3, 0.4) is 0 Å². The molecule has 0 aliphatic carbocycles. The molecule has 0 aliphatic rings. The number of hydrogen-bond donors (Lipinski definition) is 1. The number of aryl methyl sites for hydroxylation is 1. The third kappa shape index (κ3) is 11.7. The first-order valence-corrected chi connectivity index (χ1v) is 16.1. The third-order valence-electron chi connectivity index (χ3n) is 7.09. The van der Waals surface area contributed by atoms with E-state index in [1.165, 1.54) is 69.9 Å². The summed E-state index contributed by atoms with van der Waals surface area (Å²) in [5.41, 5.74) is 6.10. The summed E-state index contributed by atoms with van der Waals surface area (Å²) in [7, 11) is 0. The van der Waals surface area contributed by atoms with E-state index in [0.29, 0.717) is 17.4 Å². The number of rotatable bonds is 19. The number of anilines is 1. The van der Waals surface area contributed by atoms with Crippen LogP contribution in [-0.2, 0) is 17.8 Å². The fourth-order valence-electron chi connectivity index (χ4n) is 4.81. The average molecular weight is 570 g/mol. The molecule has 0 spiro atoms. The van der Waals surface area contributed by atoms with E-state index in [4.69, 9.17) is 16.3 Å². The molecule has 6 heteroatoms. The molecule has 212 valence electrons. The maximum Gasteiger partial charge on any atom is 0.228 e. The first kappa shape index (κ1) is 31.2. The van der Waals surface area contributed by atoms with Crippen molar-refractivity contribution in [3.8, 4) is 5.75 Å². The quantitative estimate of drug-likeness (QED) is 0.115. The van der Waals surface area contributed by atoms with Crippen molar-refractivity contribution in [2.24, 2.45) is 0 Å². The van der Waals surface area contributed by atoms with Crippen molar-refractivity contribution in [1.29, 1.82) is 0 Å². The fraction of sp³-hybridized carbons (Fsp3) is 0.515. The van der Waals surface area contributed by atoms with Crippen molar-refractivity contribution in [2.45, 2.75) is 104 Å². The topological polar surface area (TPSA) is 42.2 Å². The molecule has 2 aromatic carbocycles. The molecule has 0 bridgehead atoms. The van der Waals surface area contributed by atoms with Gasteiger partial charge in [-0.3, -0.25) is 4.79 Å². The highest BCUT2D eigenvalue weighted by Gasteiger charge is 2.14. The number of hydrogen-bond acceptors (Lipinski definition) is 3. The van der Waals surface area contributed by atoms with E-state index in [1.54, 1.807) is 11.3 Å². The monoisotopic (exact) mass is 569 g/mol. The van der Waals surface area contributed by atoms with Crippen LogP contribution in [0.5, 0.6) is 5.75 Å². The van der Waals surface area contributed by atoms with Crippen molar-refractivity contribution >= 4 is 34.5 Å². The zero-order valence-corrected chi connectivity index (χ0v) is 25.4. The molecule has 1 N–H and O–H groups in total. The number of benzene rings is 2. The van der Waals surface area contributed by atoms with Gasteiger partial charge in [-0.05, 0) is 24.6 Å². The van der Waals surface area contributed by atoms with Gasteiger partial charge in [-0.1, -0.05) is 125 Å². The summed E-state index contributed by atoms with van der Waals surface area (Å²) in [5.74, 6) is 0.555. The van der Waals surface area contributed by atoms with Crippen LogP contribution >= 0.6 is 22.9 Å². The van der Waals surface area contributed by atoms with E-state index in [-0.39, 0.29) is 12.3 Å². The number of amides is 1. The Morgan fingerprint density at radius 2 is 1.59 bits per heavy atom. The van der Waals surface area contributed by atoms with Crippen molar-refractivity contribution in [3.63, 3.8) is 0 Å². The minimum atomic E-state index is -0.0796. The summed E-state index contributed by atoms with van der Waals surface area (Å²) in [6.07, 6.45) is 15.9. The molecule has 0 atom stereocenters. The normalized spacial score (nSPS) is 11.1. The Kier molecular flexibility index (Phi) is 14.4. The van der Waals surface area contributed by atoms with Gasteiger partial charge in [-0.2, -0.15) is 4.57 Å². The molecule has 0 unspecified atom stereocenters. The van der Waals surface area contributed by atoms with E-state index >= 15 is 0 Å². The highest BCUT2D eigenvalue weighted by molar-refractivity contribution is 7.07. The summed E-state index contributed by atoms with van der Waals surface area (Å²) in [4.78, 5) is 12.9. The first-order valence-electron chi connectivity index (χ1n) is 14.8. The number of para-hydroxylation sites is 1. The van der Waals surface area contributed by atoms with Gasteiger partial charge in [-0.15, -0.1) is 0 Å². The molecule has 1 heterocycles. The Labute approximate surface area is 244 Å². The molecular formula is C33H46ClN2O2S+. The summed E-state index contributed by atoms with van der Waals surface area (Å²) in [6.45, 7) is 5.78. The van der Waals surface area contributed by atoms with Gasteiger partial charge in [0.15, 0.2) is 12.2 Å². The molecule has 4 nitrogen and oxygen atoms in total. The number of carbonyl (C=O) groups is 1. The Morgan fingerprint density at radius 1 is 0.923 bits per heavy atom. The predicted molar refractivity (Wildman–Crippen MR) is 165 cm³/mol. The highest BCUT2D eigenvalue weighted by Crippen LogP contribution is 2.29. The van der Waals surface area contributed by atoms with Crippen molar-refractivity contribution in [2.75, 3.05) is 11.9 Å². The van der Waals surface area contributed by atoms with Gasteiger partial charge < -0.3 is 10.1 Å². The summed E-state index contributed by atoms with van der Waals surface area (Å²) >= 11 is 8.16. The van der Waals surface area contributed by atoms with Crippen LogP contribution < -0.4 is 14.6 Å². The lowest BCUT2D eigenvalue weighted by molar-refractivity contribution is -0.689. The molecule has 0 radical (unpaired) electrons. The Hall–Kier alpha value is -2.37. The SMILES string of the molecule is CCCCCCCCCCCCCCOc1c(Cl)cccc1CC(=O)Nc1cccc(C[n+]2cscc2C)c1. The third-order valence-corrected chi connectivity index (χ3v) is 8.24. The van der Waals surface area contributed by atoms with Crippen molar-refractivity contribution in [3.05, 3.63) is 75.2 Å². The second kappa shape index (κ2) is 18.1. The lowest BCUT2D eigenvalue weighted by Crippen LogP contribution is -2.34. The van der Waals surface area contributed by atoms with Crippen molar-refractivity contribution < 1.29 is 14.1 Å². The van der Waals surface area contributed by atoms with Crippen LogP contribution in [0.2, 0.25) is 5.02 Å². The zero-order valence-electron chi connectivity index (χ0n) is 23.9. The van der Waals surface area contributed by atoms with Gasteiger partial charge in [0, 0.05) is 23.7 Å². The number of halogens is 1. The van der Waals surface area contributed by atoms with E-state index in [2.05, 4.69) is 40.7 Å². The molecule has 3 aromatic rings. The van der Waals surface area contributed by atoms with Crippen LogP contribution in [-0.4, -0.2) is 12.5 Å². The Bertz CT molecular complexity index is 1130. The minimum Gasteiger partial charge on any atom is -0.492 e. The number of aromatic nitrogens is 1. The molecule has 39 heavy (non-hydrogen) atoms.